The number of carbonyl (C=O) groups is 1. The van der Waals surface area contributed by atoms with Crippen LogP contribution < -0.4 is 0 Å². The van der Waals surface area contributed by atoms with Crippen LogP contribution in [0.5, 0.6) is 0 Å². The zero-order valence-corrected chi connectivity index (χ0v) is 9.86. The standard InChI is InChI=1S/C13H12F2N2O/c1-17-5-4-16-13(17)3-2-12(18)9-6-10(14)8-11(15)7-9/h4-8H,2-3H2,1H3. The summed E-state index contributed by atoms with van der Waals surface area (Å²) in [5.41, 5.74) is 0.0571. The Kier molecular flexibility index (Phi) is 3.50. The van der Waals surface area contributed by atoms with Crippen molar-refractivity contribution in [1.82, 2.24) is 9.55 Å². The molecule has 0 bridgehead atoms. The Balaban J connectivity index is 2.06. The minimum absolute atomic E-state index is 0.0571. The number of aryl methyl sites for hydroxylation is 2. The Bertz CT molecular complexity index is 558. The van der Waals surface area contributed by atoms with E-state index in [2.05, 4.69) is 4.98 Å². The van der Waals surface area contributed by atoms with Gasteiger partial charge in [0.15, 0.2) is 5.78 Å². The van der Waals surface area contributed by atoms with Gasteiger partial charge in [-0.15, -0.1) is 0 Å². The Hall–Kier alpha value is -2.04. The molecule has 0 saturated carbocycles. The van der Waals surface area contributed by atoms with Crippen molar-refractivity contribution in [1.29, 1.82) is 0 Å². The van der Waals surface area contributed by atoms with E-state index < -0.39 is 11.6 Å². The van der Waals surface area contributed by atoms with E-state index in [-0.39, 0.29) is 17.8 Å². The van der Waals surface area contributed by atoms with E-state index in [1.54, 1.807) is 17.0 Å². The van der Waals surface area contributed by atoms with Gasteiger partial charge in [-0.2, -0.15) is 0 Å². The molecule has 0 amide bonds. The summed E-state index contributed by atoms with van der Waals surface area (Å²) in [5, 5.41) is 0. The maximum atomic E-state index is 13.0. The Morgan fingerprint density at radius 2 is 1.94 bits per heavy atom. The second kappa shape index (κ2) is 5.08. The van der Waals surface area contributed by atoms with Gasteiger partial charge < -0.3 is 4.57 Å². The van der Waals surface area contributed by atoms with Gasteiger partial charge >= 0.3 is 0 Å². The monoisotopic (exact) mass is 250 g/mol. The van der Waals surface area contributed by atoms with E-state index in [9.17, 15) is 13.6 Å². The highest BCUT2D eigenvalue weighted by molar-refractivity contribution is 5.96. The number of nitrogens with zero attached hydrogens (tertiary/aromatic N) is 2. The number of imidazole rings is 1. The second-order valence-electron chi connectivity index (χ2n) is 4.04. The third-order valence-corrected chi connectivity index (χ3v) is 2.68. The minimum Gasteiger partial charge on any atom is -0.338 e. The van der Waals surface area contributed by atoms with Gasteiger partial charge in [0.25, 0.3) is 0 Å². The summed E-state index contributed by atoms with van der Waals surface area (Å²) in [7, 11) is 1.83. The number of ketones is 1. The van der Waals surface area contributed by atoms with Crippen molar-refractivity contribution in [3.8, 4) is 0 Å². The fourth-order valence-corrected chi connectivity index (χ4v) is 1.72. The molecule has 2 rings (SSSR count). The van der Waals surface area contributed by atoms with Crippen molar-refractivity contribution in [2.75, 3.05) is 0 Å². The number of halogens is 2. The van der Waals surface area contributed by atoms with Crippen molar-refractivity contribution in [3.05, 3.63) is 53.6 Å². The molecule has 0 fully saturated rings. The largest absolute Gasteiger partial charge is 0.338 e. The molecule has 1 aromatic carbocycles. The van der Waals surface area contributed by atoms with Gasteiger partial charge in [-0.3, -0.25) is 4.79 Å². The molecule has 94 valence electrons. The van der Waals surface area contributed by atoms with Gasteiger partial charge in [0.2, 0.25) is 0 Å². The van der Waals surface area contributed by atoms with Crippen LogP contribution in [0.15, 0.2) is 30.6 Å². The summed E-state index contributed by atoms with van der Waals surface area (Å²) in [6.45, 7) is 0. The van der Waals surface area contributed by atoms with Gasteiger partial charge in [0, 0.05) is 43.9 Å². The molecular weight excluding hydrogens is 238 g/mol. The molecule has 0 aliphatic carbocycles. The van der Waals surface area contributed by atoms with Crippen LogP contribution in [0.4, 0.5) is 8.78 Å². The first-order chi connectivity index (χ1) is 8.56. The molecule has 1 heterocycles. The zero-order chi connectivity index (χ0) is 13.1. The summed E-state index contributed by atoms with van der Waals surface area (Å²) in [4.78, 5) is 15.9. The normalized spacial score (nSPS) is 10.6. The average molecular weight is 250 g/mol. The number of carbonyl (C=O) groups excluding carboxylic acids is 1. The molecule has 18 heavy (non-hydrogen) atoms. The summed E-state index contributed by atoms with van der Waals surface area (Å²) in [5.74, 6) is -1.01. The fraction of sp³-hybridized carbons (Fsp3) is 0.231. The quantitative estimate of drug-likeness (QED) is 0.781. The number of aromatic nitrogens is 2. The lowest BCUT2D eigenvalue weighted by molar-refractivity contribution is 0.0981. The summed E-state index contributed by atoms with van der Waals surface area (Å²) in [6, 6.07) is 2.84. The number of hydrogen-bond donors (Lipinski definition) is 0. The lowest BCUT2D eigenvalue weighted by Crippen LogP contribution is -2.05. The number of benzene rings is 1. The Labute approximate surface area is 103 Å². The first-order valence-corrected chi connectivity index (χ1v) is 5.52. The highest BCUT2D eigenvalue weighted by Gasteiger charge is 2.10. The fourth-order valence-electron chi connectivity index (χ4n) is 1.72. The smallest absolute Gasteiger partial charge is 0.163 e. The second-order valence-corrected chi connectivity index (χ2v) is 4.04. The van der Waals surface area contributed by atoms with Crippen LogP contribution in [0.25, 0.3) is 0 Å². The van der Waals surface area contributed by atoms with Crippen LogP contribution in [0.2, 0.25) is 0 Å². The molecule has 2 aromatic rings. The first kappa shape index (κ1) is 12.4. The Morgan fingerprint density at radius 3 is 2.50 bits per heavy atom. The van der Waals surface area contributed by atoms with E-state index in [1.165, 1.54) is 0 Å². The van der Waals surface area contributed by atoms with Crippen LogP contribution in [0, 0.1) is 11.6 Å². The SMILES string of the molecule is Cn1ccnc1CCC(=O)c1cc(F)cc(F)c1. The van der Waals surface area contributed by atoms with E-state index in [0.29, 0.717) is 6.42 Å². The van der Waals surface area contributed by atoms with Crippen LogP contribution in [0.1, 0.15) is 22.6 Å². The highest BCUT2D eigenvalue weighted by atomic mass is 19.1. The molecule has 3 nitrogen and oxygen atoms in total. The summed E-state index contributed by atoms with van der Waals surface area (Å²) < 4.78 is 27.7. The third-order valence-electron chi connectivity index (χ3n) is 2.68. The van der Waals surface area contributed by atoms with Gasteiger partial charge in [0.05, 0.1) is 0 Å². The molecule has 0 atom stereocenters. The van der Waals surface area contributed by atoms with Crippen LogP contribution in [-0.2, 0) is 13.5 Å². The maximum absolute atomic E-state index is 13.0. The van der Waals surface area contributed by atoms with Crippen molar-refractivity contribution >= 4 is 5.78 Å². The third kappa shape index (κ3) is 2.80. The molecule has 0 saturated heterocycles. The van der Waals surface area contributed by atoms with E-state index in [1.807, 2.05) is 7.05 Å². The molecule has 0 unspecified atom stereocenters. The number of rotatable bonds is 4. The van der Waals surface area contributed by atoms with Gasteiger partial charge in [0.1, 0.15) is 17.5 Å². The molecular formula is C13H12F2N2O. The first-order valence-electron chi connectivity index (χ1n) is 5.52. The van der Waals surface area contributed by atoms with Crippen LogP contribution in [0.3, 0.4) is 0 Å². The number of Topliss-reactive ketones (excluding diaryl/α,β-unsaturated/α-hetero) is 1. The topological polar surface area (TPSA) is 34.9 Å². The van der Waals surface area contributed by atoms with Crippen molar-refractivity contribution in [3.63, 3.8) is 0 Å². The average Bonchev–Trinajstić information content (AvgIpc) is 2.70. The summed E-state index contributed by atoms with van der Waals surface area (Å²) in [6.07, 6.45) is 4.04. The molecule has 5 heteroatoms. The maximum Gasteiger partial charge on any atom is 0.163 e. The van der Waals surface area contributed by atoms with E-state index in [0.717, 1.165) is 24.0 Å². The molecule has 0 aliphatic rings. The predicted molar refractivity (Wildman–Crippen MR) is 62.2 cm³/mol. The lowest BCUT2D eigenvalue weighted by Gasteiger charge is -2.03. The van der Waals surface area contributed by atoms with E-state index >= 15 is 0 Å². The van der Waals surface area contributed by atoms with E-state index in [4.69, 9.17) is 0 Å². The van der Waals surface area contributed by atoms with Gasteiger partial charge in [-0.25, -0.2) is 13.8 Å². The van der Waals surface area contributed by atoms with Crippen molar-refractivity contribution in [2.45, 2.75) is 12.8 Å². The minimum atomic E-state index is -0.740. The molecule has 0 radical (unpaired) electrons. The molecule has 0 aliphatic heterocycles. The van der Waals surface area contributed by atoms with Crippen molar-refractivity contribution < 1.29 is 13.6 Å². The molecule has 1 aromatic heterocycles. The van der Waals surface area contributed by atoms with Gasteiger partial charge in [-0.1, -0.05) is 0 Å². The van der Waals surface area contributed by atoms with Gasteiger partial charge in [-0.05, 0) is 12.1 Å². The zero-order valence-electron chi connectivity index (χ0n) is 9.86. The number of hydrogen-bond acceptors (Lipinski definition) is 2. The van der Waals surface area contributed by atoms with Crippen LogP contribution >= 0.6 is 0 Å². The highest BCUT2D eigenvalue weighted by Crippen LogP contribution is 2.11. The summed E-state index contributed by atoms with van der Waals surface area (Å²) >= 11 is 0. The predicted octanol–water partition coefficient (Wildman–Crippen LogP) is 2.51. The lowest BCUT2D eigenvalue weighted by atomic mass is 10.1. The van der Waals surface area contributed by atoms with Crippen molar-refractivity contribution in [2.24, 2.45) is 7.05 Å². The Morgan fingerprint density at radius 1 is 1.28 bits per heavy atom. The van der Waals surface area contributed by atoms with Crippen LogP contribution in [-0.4, -0.2) is 15.3 Å². The molecule has 0 spiro atoms. The molecule has 0 N–H and O–H groups in total.